The Labute approximate surface area is 362 Å². The summed E-state index contributed by atoms with van der Waals surface area (Å²) in [5, 5.41) is 11.7. The van der Waals surface area contributed by atoms with Gasteiger partial charge in [-0.25, -0.2) is 0 Å². The van der Waals surface area contributed by atoms with Crippen molar-refractivity contribution in [1.29, 1.82) is 0 Å². The lowest BCUT2D eigenvalue weighted by Crippen LogP contribution is -2.44. The number of quaternary nitrogens is 1. The van der Waals surface area contributed by atoms with Crippen LogP contribution < -0.4 is 5.11 Å². The molecule has 9 heteroatoms. The van der Waals surface area contributed by atoms with Gasteiger partial charge in [-0.15, -0.1) is 0 Å². The molecular formula is C50H91NO8. The summed E-state index contributed by atoms with van der Waals surface area (Å²) in [6.45, 7) is 4.71. The molecule has 0 aromatic heterocycles. The second kappa shape index (κ2) is 42.2. The molecule has 2 unspecified atom stereocenters. The molecule has 0 aromatic rings. The zero-order valence-electron chi connectivity index (χ0n) is 38.9. The van der Waals surface area contributed by atoms with Crippen molar-refractivity contribution < 1.29 is 42.9 Å². The second-order valence-electron chi connectivity index (χ2n) is 17.4. The summed E-state index contributed by atoms with van der Waals surface area (Å²) in [4.78, 5) is 37.0. The van der Waals surface area contributed by atoms with E-state index in [1.165, 1.54) is 103 Å². The molecule has 0 aromatic carbocycles. The van der Waals surface area contributed by atoms with E-state index in [1.54, 1.807) is 0 Å². The van der Waals surface area contributed by atoms with Crippen LogP contribution in [0.2, 0.25) is 0 Å². The van der Waals surface area contributed by atoms with Gasteiger partial charge in [0.15, 0.2) is 12.4 Å². The molecular weight excluding hydrogens is 743 g/mol. The fourth-order valence-electron chi connectivity index (χ4n) is 6.60. The number of unbranched alkanes of at least 4 members (excludes halogenated alkanes) is 23. The van der Waals surface area contributed by atoms with Gasteiger partial charge < -0.3 is 33.3 Å². The lowest BCUT2D eigenvalue weighted by atomic mass is 10.0. The molecule has 0 rings (SSSR count). The number of ether oxygens (including phenoxy) is 4. The van der Waals surface area contributed by atoms with Crippen LogP contribution in [0.15, 0.2) is 36.5 Å². The first-order valence-electron chi connectivity index (χ1n) is 24.1. The summed E-state index contributed by atoms with van der Waals surface area (Å²) in [5.41, 5.74) is 0. The van der Waals surface area contributed by atoms with Gasteiger partial charge in [-0.2, -0.15) is 0 Å². The number of allylic oxidation sites excluding steroid dienone is 6. The molecule has 2 atom stereocenters. The molecule has 9 nitrogen and oxygen atoms in total. The number of hydrogen-bond acceptors (Lipinski definition) is 8. The van der Waals surface area contributed by atoms with Crippen LogP contribution in [0.4, 0.5) is 0 Å². The number of esters is 2. The van der Waals surface area contributed by atoms with Crippen molar-refractivity contribution >= 4 is 17.9 Å². The first-order chi connectivity index (χ1) is 28.6. The van der Waals surface area contributed by atoms with E-state index < -0.39 is 24.3 Å². The van der Waals surface area contributed by atoms with Crippen LogP contribution in [0.5, 0.6) is 0 Å². The molecule has 0 aliphatic heterocycles. The van der Waals surface area contributed by atoms with E-state index in [1.807, 2.05) is 21.1 Å². The molecule has 0 saturated heterocycles. The fraction of sp³-hybridized carbons (Fsp3) is 0.820. The maximum absolute atomic E-state index is 12.8. The maximum Gasteiger partial charge on any atom is 0.306 e. The van der Waals surface area contributed by atoms with Gasteiger partial charge in [-0.3, -0.25) is 9.59 Å². The Kier molecular flexibility index (Phi) is 40.4. The number of likely N-dealkylation sites (N-methyl/N-ethyl adjacent to an activating group) is 1. The van der Waals surface area contributed by atoms with Gasteiger partial charge in [-0.05, 0) is 51.4 Å². The van der Waals surface area contributed by atoms with E-state index in [4.69, 9.17) is 18.9 Å². The van der Waals surface area contributed by atoms with Crippen LogP contribution in [0.3, 0.4) is 0 Å². The SMILES string of the molecule is CCCCC/C=C\C/C=C\C/C=C\CCCCCCCCC(=O)OC(COC(=O)CCCCCCCCCCCCCCCCC)COC(OCC[N+](C)(C)C)C(=O)[O-]. The van der Waals surface area contributed by atoms with Gasteiger partial charge in [0.2, 0.25) is 0 Å². The number of aliphatic carboxylic acids is 1. The van der Waals surface area contributed by atoms with Crippen molar-refractivity contribution in [1.82, 2.24) is 0 Å². The van der Waals surface area contributed by atoms with E-state index in [2.05, 4.69) is 50.3 Å². The third kappa shape index (κ3) is 43.4. The van der Waals surface area contributed by atoms with Crippen LogP contribution in [0.25, 0.3) is 0 Å². The Morgan fingerprint density at radius 3 is 1.39 bits per heavy atom. The van der Waals surface area contributed by atoms with Crippen molar-refractivity contribution in [2.75, 3.05) is 47.5 Å². The first kappa shape index (κ1) is 56.5. The standard InChI is InChI=1S/C50H91NO8/c1-6-8-10-12-14-16-18-20-22-23-24-25-27-29-31-33-35-37-39-41-48(53)59-46(45-58-50(49(54)55)56-43-42-51(3,4)5)44-57-47(52)40-38-36-34-32-30-28-26-21-19-17-15-13-11-9-7-2/h14,16,20,22,24-25,46,50H,6-13,15,17-19,21,23,26-45H2,1-5H3/b16-14-,22-20-,25-24-. The van der Waals surface area contributed by atoms with Crippen molar-refractivity contribution in [3.05, 3.63) is 36.5 Å². The zero-order valence-corrected chi connectivity index (χ0v) is 38.9. The number of carbonyl (C=O) groups excluding carboxylic acids is 3. The van der Waals surface area contributed by atoms with Crippen LogP contribution in [-0.2, 0) is 33.3 Å². The monoisotopic (exact) mass is 834 g/mol. The van der Waals surface area contributed by atoms with E-state index >= 15 is 0 Å². The lowest BCUT2D eigenvalue weighted by molar-refractivity contribution is -0.870. The zero-order chi connectivity index (χ0) is 43.5. The number of carboxylic acids is 1. The quantitative estimate of drug-likeness (QED) is 0.0196. The summed E-state index contributed by atoms with van der Waals surface area (Å²) in [7, 11) is 5.91. The molecule has 0 fully saturated rings. The van der Waals surface area contributed by atoms with Gasteiger partial charge in [0.25, 0.3) is 0 Å². The number of carboxylic acid groups (broad SMARTS) is 1. The average molecular weight is 834 g/mol. The highest BCUT2D eigenvalue weighted by Gasteiger charge is 2.21. The average Bonchev–Trinajstić information content (AvgIpc) is 3.19. The van der Waals surface area contributed by atoms with Crippen molar-refractivity contribution in [3.63, 3.8) is 0 Å². The minimum Gasteiger partial charge on any atom is -0.545 e. The van der Waals surface area contributed by atoms with E-state index in [0.717, 1.165) is 70.6 Å². The molecule has 0 N–H and O–H groups in total. The van der Waals surface area contributed by atoms with Crippen molar-refractivity contribution in [2.45, 2.75) is 219 Å². The van der Waals surface area contributed by atoms with Gasteiger partial charge in [-0.1, -0.05) is 179 Å². The van der Waals surface area contributed by atoms with Gasteiger partial charge in [0, 0.05) is 12.8 Å². The predicted octanol–water partition coefficient (Wildman–Crippen LogP) is 11.7. The Morgan fingerprint density at radius 1 is 0.508 bits per heavy atom. The minimum absolute atomic E-state index is 0.146. The van der Waals surface area contributed by atoms with Crippen LogP contribution in [-0.4, -0.2) is 82.3 Å². The van der Waals surface area contributed by atoms with Crippen molar-refractivity contribution in [2.24, 2.45) is 0 Å². The van der Waals surface area contributed by atoms with Crippen LogP contribution >= 0.6 is 0 Å². The molecule has 0 radical (unpaired) electrons. The van der Waals surface area contributed by atoms with E-state index in [-0.39, 0.29) is 32.2 Å². The summed E-state index contributed by atoms with van der Waals surface area (Å²) in [6, 6.07) is 0. The first-order valence-corrected chi connectivity index (χ1v) is 24.1. The normalized spacial score (nSPS) is 13.2. The lowest BCUT2D eigenvalue weighted by Gasteiger charge is -2.26. The Morgan fingerprint density at radius 2 is 0.915 bits per heavy atom. The summed E-state index contributed by atoms with van der Waals surface area (Å²) in [5.74, 6) is -2.29. The Bertz CT molecular complexity index is 1070. The van der Waals surface area contributed by atoms with E-state index in [9.17, 15) is 19.5 Å². The van der Waals surface area contributed by atoms with Crippen LogP contribution in [0, 0.1) is 0 Å². The van der Waals surface area contributed by atoms with Crippen LogP contribution in [0.1, 0.15) is 206 Å². The largest absolute Gasteiger partial charge is 0.545 e. The molecule has 344 valence electrons. The molecule has 59 heavy (non-hydrogen) atoms. The molecule has 0 saturated carbocycles. The Balaban J connectivity index is 4.41. The third-order valence-electron chi connectivity index (χ3n) is 10.4. The summed E-state index contributed by atoms with van der Waals surface area (Å²) in [6.07, 6.45) is 44.5. The number of hydrogen-bond donors (Lipinski definition) is 0. The van der Waals surface area contributed by atoms with Crippen molar-refractivity contribution in [3.8, 4) is 0 Å². The summed E-state index contributed by atoms with van der Waals surface area (Å²) < 4.78 is 22.6. The minimum atomic E-state index is -1.62. The van der Waals surface area contributed by atoms with Gasteiger partial charge >= 0.3 is 11.9 Å². The van der Waals surface area contributed by atoms with Gasteiger partial charge in [0.05, 0.1) is 40.3 Å². The number of rotatable bonds is 44. The number of carbonyl (C=O) groups is 3. The molecule has 0 aliphatic rings. The highest BCUT2D eigenvalue weighted by Crippen LogP contribution is 2.15. The molecule has 0 spiro atoms. The maximum atomic E-state index is 12.8. The molecule has 0 bridgehead atoms. The predicted molar refractivity (Wildman–Crippen MR) is 242 cm³/mol. The summed E-state index contributed by atoms with van der Waals surface area (Å²) >= 11 is 0. The third-order valence-corrected chi connectivity index (χ3v) is 10.4. The van der Waals surface area contributed by atoms with Gasteiger partial charge in [0.1, 0.15) is 13.2 Å². The Hall–Kier alpha value is -2.49. The second-order valence-corrected chi connectivity index (χ2v) is 17.4. The smallest absolute Gasteiger partial charge is 0.306 e. The van der Waals surface area contributed by atoms with E-state index in [0.29, 0.717) is 23.9 Å². The fourth-order valence-corrected chi connectivity index (χ4v) is 6.60. The number of nitrogens with zero attached hydrogens (tertiary/aromatic N) is 1. The molecule has 0 heterocycles. The highest BCUT2D eigenvalue weighted by atomic mass is 16.7. The highest BCUT2D eigenvalue weighted by molar-refractivity contribution is 5.70. The molecule has 0 amide bonds. The topological polar surface area (TPSA) is 111 Å². The molecule has 0 aliphatic carbocycles.